The first-order chi connectivity index (χ1) is 16.5. The van der Waals surface area contributed by atoms with Gasteiger partial charge in [0.1, 0.15) is 6.29 Å². The van der Waals surface area contributed by atoms with Gasteiger partial charge in [0.15, 0.2) is 0 Å². The van der Waals surface area contributed by atoms with E-state index in [0.29, 0.717) is 25.9 Å². The lowest BCUT2D eigenvalue weighted by molar-refractivity contribution is -0.144. The third-order valence-electron chi connectivity index (χ3n) is 6.26. The summed E-state index contributed by atoms with van der Waals surface area (Å²) in [6, 6.07) is 0. The quantitative estimate of drug-likeness (QED) is 0.0625. The van der Waals surface area contributed by atoms with E-state index in [0.717, 1.165) is 38.0 Å². The van der Waals surface area contributed by atoms with E-state index < -0.39 is 0 Å². The van der Waals surface area contributed by atoms with Gasteiger partial charge in [-0.2, -0.15) is 0 Å². The van der Waals surface area contributed by atoms with Crippen LogP contribution in [0.1, 0.15) is 129 Å². The molecule has 0 rings (SSSR count). The molecule has 0 heterocycles. The van der Waals surface area contributed by atoms with Gasteiger partial charge in [0.25, 0.3) is 0 Å². The van der Waals surface area contributed by atoms with Gasteiger partial charge in [0.2, 0.25) is 5.91 Å². The molecule has 0 saturated carbocycles. The molecule has 198 valence electrons. The van der Waals surface area contributed by atoms with Crippen LogP contribution in [0.3, 0.4) is 0 Å². The molecule has 0 spiro atoms. The lowest BCUT2D eigenvalue weighted by Gasteiger charge is -2.14. The molecule has 0 aromatic carbocycles. The molecule has 0 aliphatic rings. The van der Waals surface area contributed by atoms with Crippen molar-refractivity contribution >= 4 is 18.2 Å². The average molecular weight is 480 g/mol. The van der Waals surface area contributed by atoms with Crippen molar-refractivity contribution in [2.75, 3.05) is 20.2 Å². The first-order valence-electron chi connectivity index (χ1n) is 14.0. The maximum Gasteiger partial charge on any atom is 0.305 e. The van der Waals surface area contributed by atoms with Crippen molar-refractivity contribution < 1.29 is 19.1 Å². The second-order valence-corrected chi connectivity index (χ2v) is 10.1. The third-order valence-corrected chi connectivity index (χ3v) is 6.26. The van der Waals surface area contributed by atoms with Crippen molar-refractivity contribution in [1.82, 2.24) is 4.90 Å². The number of carbonyl (C=O) groups is 3. The van der Waals surface area contributed by atoms with Crippen LogP contribution in [0.2, 0.25) is 0 Å². The Morgan fingerprint density at radius 2 is 1.24 bits per heavy atom. The highest BCUT2D eigenvalue weighted by Crippen LogP contribution is 2.14. The summed E-state index contributed by atoms with van der Waals surface area (Å²) in [6.07, 6.45) is 24.6. The summed E-state index contributed by atoms with van der Waals surface area (Å²) in [5, 5.41) is 0. The van der Waals surface area contributed by atoms with Crippen LogP contribution in [0.15, 0.2) is 12.2 Å². The maximum atomic E-state index is 11.8. The van der Waals surface area contributed by atoms with Gasteiger partial charge in [-0.05, 0) is 31.3 Å². The molecule has 34 heavy (non-hydrogen) atoms. The smallest absolute Gasteiger partial charge is 0.305 e. The number of rotatable bonds is 24. The Kier molecular flexibility index (Phi) is 23.3. The number of ether oxygens (including phenoxy) is 1. The fraction of sp³-hybridized carbons (Fsp3) is 0.828. The lowest BCUT2D eigenvalue weighted by Crippen LogP contribution is -2.25. The number of unbranched alkanes of at least 4 members (excludes halogenated alkanes) is 14. The molecule has 0 radical (unpaired) electrons. The van der Waals surface area contributed by atoms with Crippen LogP contribution in [-0.4, -0.2) is 43.3 Å². The van der Waals surface area contributed by atoms with E-state index in [2.05, 4.69) is 13.8 Å². The van der Waals surface area contributed by atoms with Crippen LogP contribution < -0.4 is 0 Å². The first kappa shape index (κ1) is 32.4. The van der Waals surface area contributed by atoms with E-state index in [4.69, 9.17) is 4.74 Å². The Morgan fingerprint density at radius 1 is 0.735 bits per heavy atom. The summed E-state index contributed by atoms with van der Waals surface area (Å²) in [7, 11) is 1.71. The Labute approximate surface area is 210 Å². The molecule has 5 heteroatoms. The zero-order chi connectivity index (χ0) is 25.3. The van der Waals surface area contributed by atoms with E-state index in [1.54, 1.807) is 11.9 Å². The van der Waals surface area contributed by atoms with Gasteiger partial charge in [0.05, 0.1) is 6.61 Å². The largest absolute Gasteiger partial charge is 0.466 e. The van der Waals surface area contributed by atoms with Crippen molar-refractivity contribution in [3.05, 3.63) is 12.2 Å². The minimum Gasteiger partial charge on any atom is -0.466 e. The second kappa shape index (κ2) is 24.5. The monoisotopic (exact) mass is 479 g/mol. The van der Waals surface area contributed by atoms with Gasteiger partial charge in [0, 0.05) is 26.1 Å². The summed E-state index contributed by atoms with van der Waals surface area (Å²) in [5.74, 6) is 0.567. The van der Waals surface area contributed by atoms with Gasteiger partial charge < -0.3 is 9.64 Å². The van der Waals surface area contributed by atoms with Gasteiger partial charge >= 0.3 is 5.97 Å². The topological polar surface area (TPSA) is 63.7 Å². The Hall–Kier alpha value is -1.65. The van der Waals surface area contributed by atoms with Crippen LogP contribution in [0, 0.1) is 5.92 Å². The number of likely N-dealkylation sites (N-methyl/N-ethyl adjacent to an activating group) is 1. The molecule has 0 saturated heterocycles. The third kappa shape index (κ3) is 23.5. The van der Waals surface area contributed by atoms with Crippen LogP contribution in [0.5, 0.6) is 0 Å². The van der Waals surface area contributed by atoms with Crippen LogP contribution in [0.4, 0.5) is 0 Å². The minimum absolute atomic E-state index is 0.113. The number of carbonyl (C=O) groups excluding carboxylic acids is 3. The highest BCUT2D eigenvalue weighted by molar-refractivity contribution is 5.90. The number of aldehydes is 1. The summed E-state index contributed by atoms with van der Waals surface area (Å²) >= 11 is 0. The SMILES string of the molecule is CC(C)CCCCCCCCCCCCCCCOC(=O)CCCCCN(C)C(=O)/C=C\C=O. The highest BCUT2D eigenvalue weighted by atomic mass is 16.5. The van der Waals surface area contributed by atoms with E-state index in [-0.39, 0.29) is 11.9 Å². The average Bonchev–Trinajstić information content (AvgIpc) is 2.81. The molecule has 0 fully saturated rings. The number of allylic oxidation sites excluding steroid dienone is 1. The molecule has 0 unspecified atom stereocenters. The normalized spacial score (nSPS) is 11.3. The van der Waals surface area contributed by atoms with Gasteiger partial charge in [-0.1, -0.05) is 104 Å². The molecule has 5 nitrogen and oxygen atoms in total. The van der Waals surface area contributed by atoms with Crippen LogP contribution >= 0.6 is 0 Å². The number of nitrogens with zero attached hydrogens (tertiary/aromatic N) is 1. The Bertz CT molecular complexity index is 530. The number of amides is 1. The van der Waals surface area contributed by atoms with Crippen molar-refractivity contribution in [2.45, 2.75) is 129 Å². The summed E-state index contributed by atoms with van der Waals surface area (Å²) in [6.45, 7) is 5.78. The molecule has 0 bridgehead atoms. The summed E-state index contributed by atoms with van der Waals surface area (Å²) < 4.78 is 5.33. The summed E-state index contributed by atoms with van der Waals surface area (Å²) in [4.78, 5) is 35.2. The molecule has 0 aromatic heterocycles. The Morgan fingerprint density at radius 3 is 1.76 bits per heavy atom. The predicted molar refractivity (Wildman–Crippen MR) is 142 cm³/mol. The zero-order valence-electron chi connectivity index (χ0n) is 22.5. The zero-order valence-corrected chi connectivity index (χ0v) is 22.5. The van der Waals surface area contributed by atoms with Gasteiger partial charge in [-0.25, -0.2) is 0 Å². The maximum absolute atomic E-state index is 11.8. The van der Waals surface area contributed by atoms with E-state index in [1.165, 1.54) is 89.2 Å². The lowest BCUT2D eigenvalue weighted by atomic mass is 10.0. The van der Waals surface area contributed by atoms with Crippen molar-refractivity contribution in [1.29, 1.82) is 0 Å². The molecule has 0 N–H and O–H groups in total. The first-order valence-corrected chi connectivity index (χ1v) is 14.0. The number of esters is 1. The van der Waals surface area contributed by atoms with Crippen molar-refractivity contribution in [3.8, 4) is 0 Å². The van der Waals surface area contributed by atoms with E-state index in [9.17, 15) is 14.4 Å². The van der Waals surface area contributed by atoms with Gasteiger partial charge in [-0.15, -0.1) is 0 Å². The van der Waals surface area contributed by atoms with E-state index >= 15 is 0 Å². The molecular weight excluding hydrogens is 426 g/mol. The standard InChI is InChI=1S/C29H53NO4/c1-27(2)21-16-13-11-9-7-5-4-6-8-10-12-14-19-26-34-29(33)23-17-15-18-24-30(3)28(32)22-20-25-31/h20,22,25,27H,4-19,21,23-24,26H2,1-3H3/b22-20-. The number of hydrogen-bond acceptors (Lipinski definition) is 4. The van der Waals surface area contributed by atoms with Crippen LogP contribution in [-0.2, 0) is 19.1 Å². The second-order valence-electron chi connectivity index (χ2n) is 10.1. The highest BCUT2D eigenvalue weighted by Gasteiger charge is 2.06. The minimum atomic E-state index is -0.176. The Balaban J connectivity index is 3.31. The molecule has 1 amide bonds. The van der Waals surface area contributed by atoms with E-state index in [1.807, 2.05) is 0 Å². The van der Waals surface area contributed by atoms with Crippen LogP contribution in [0.25, 0.3) is 0 Å². The molecule has 0 atom stereocenters. The molecular formula is C29H53NO4. The fourth-order valence-electron chi connectivity index (χ4n) is 4.01. The molecule has 0 aliphatic heterocycles. The van der Waals surface area contributed by atoms with Crippen molar-refractivity contribution in [2.24, 2.45) is 5.92 Å². The molecule has 0 aliphatic carbocycles. The number of hydrogen-bond donors (Lipinski definition) is 0. The fourth-order valence-corrected chi connectivity index (χ4v) is 4.01. The predicted octanol–water partition coefficient (Wildman–Crippen LogP) is 7.42. The van der Waals surface area contributed by atoms with Gasteiger partial charge in [-0.3, -0.25) is 14.4 Å². The molecule has 0 aromatic rings. The van der Waals surface area contributed by atoms with Crippen molar-refractivity contribution in [3.63, 3.8) is 0 Å². The summed E-state index contributed by atoms with van der Waals surface area (Å²) in [5.41, 5.74) is 0.